The first-order valence-corrected chi connectivity index (χ1v) is 10.7. The van der Waals surface area contributed by atoms with Crippen molar-refractivity contribution >= 4 is 22.6 Å². The maximum absolute atomic E-state index is 13.1. The number of anilines is 1. The number of hydrogen-bond donors (Lipinski definition) is 0. The second kappa shape index (κ2) is 7.56. The van der Waals surface area contributed by atoms with E-state index in [4.69, 9.17) is 14.5 Å². The molecular formula is C26H30N2O3. The number of esters is 1. The van der Waals surface area contributed by atoms with Crippen molar-refractivity contribution < 1.29 is 14.3 Å². The zero-order chi connectivity index (χ0) is 22.4. The molecule has 0 N–H and O–H groups in total. The number of carbonyl (C=O) groups excluding carboxylic acids is 1. The summed E-state index contributed by atoms with van der Waals surface area (Å²) in [6.45, 7) is 11.7. The van der Waals surface area contributed by atoms with Crippen LogP contribution in [0.5, 0.6) is 5.75 Å². The molecule has 0 spiro atoms. The Labute approximate surface area is 184 Å². The van der Waals surface area contributed by atoms with E-state index >= 15 is 0 Å². The van der Waals surface area contributed by atoms with Gasteiger partial charge in [-0.1, -0.05) is 36.4 Å². The summed E-state index contributed by atoms with van der Waals surface area (Å²) in [5, 5.41) is 1.07. The molecule has 1 aliphatic heterocycles. The highest BCUT2D eigenvalue weighted by Gasteiger charge is 2.57. The van der Waals surface area contributed by atoms with Gasteiger partial charge in [0.2, 0.25) is 0 Å². The molecule has 31 heavy (non-hydrogen) atoms. The van der Waals surface area contributed by atoms with E-state index in [0.29, 0.717) is 0 Å². The summed E-state index contributed by atoms with van der Waals surface area (Å²) in [6, 6.07) is 19.2. The summed E-state index contributed by atoms with van der Waals surface area (Å²) in [5.41, 5.74) is 1.71. The second-order valence-corrected chi connectivity index (χ2v) is 9.94. The Balaban J connectivity index is 1.74. The van der Waals surface area contributed by atoms with Crippen molar-refractivity contribution in [1.82, 2.24) is 4.98 Å². The van der Waals surface area contributed by atoms with Gasteiger partial charge in [-0.05, 0) is 65.8 Å². The topological polar surface area (TPSA) is 51.4 Å². The van der Waals surface area contributed by atoms with Gasteiger partial charge in [-0.2, -0.15) is 0 Å². The second-order valence-electron chi connectivity index (χ2n) is 9.94. The van der Waals surface area contributed by atoms with Gasteiger partial charge in [-0.15, -0.1) is 0 Å². The van der Waals surface area contributed by atoms with Crippen LogP contribution in [-0.4, -0.2) is 28.2 Å². The largest absolute Gasteiger partial charge is 0.486 e. The van der Waals surface area contributed by atoms with Gasteiger partial charge >= 0.3 is 5.97 Å². The zero-order valence-corrected chi connectivity index (χ0v) is 19.0. The van der Waals surface area contributed by atoms with Crippen LogP contribution in [0.15, 0.2) is 60.7 Å². The smallest absolute Gasteiger partial charge is 0.331 e. The Morgan fingerprint density at radius 1 is 0.871 bits per heavy atom. The fourth-order valence-electron chi connectivity index (χ4n) is 3.77. The molecule has 1 saturated heterocycles. The molecule has 2 atom stereocenters. The van der Waals surface area contributed by atoms with E-state index in [2.05, 4.69) is 6.07 Å². The molecule has 0 unspecified atom stereocenters. The van der Waals surface area contributed by atoms with Gasteiger partial charge < -0.3 is 14.4 Å². The molecule has 0 amide bonds. The first kappa shape index (κ1) is 21.2. The van der Waals surface area contributed by atoms with Crippen LogP contribution in [0.1, 0.15) is 53.3 Å². The molecule has 2 heterocycles. The van der Waals surface area contributed by atoms with Gasteiger partial charge in [0.1, 0.15) is 23.0 Å². The van der Waals surface area contributed by atoms with Crippen molar-refractivity contribution in [2.24, 2.45) is 0 Å². The van der Waals surface area contributed by atoms with E-state index in [0.717, 1.165) is 28.0 Å². The average molecular weight is 419 g/mol. The first-order chi connectivity index (χ1) is 14.5. The summed E-state index contributed by atoms with van der Waals surface area (Å²) >= 11 is 0. The summed E-state index contributed by atoms with van der Waals surface area (Å²) < 4.78 is 11.9. The van der Waals surface area contributed by atoms with Crippen LogP contribution in [0.25, 0.3) is 10.9 Å². The summed E-state index contributed by atoms with van der Waals surface area (Å²) in [4.78, 5) is 20.0. The molecule has 1 aliphatic rings. The van der Waals surface area contributed by atoms with Crippen LogP contribution < -0.4 is 9.64 Å². The van der Waals surface area contributed by atoms with E-state index in [-0.39, 0.29) is 17.6 Å². The van der Waals surface area contributed by atoms with E-state index in [1.54, 1.807) is 0 Å². The lowest BCUT2D eigenvalue weighted by molar-refractivity contribution is -0.154. The van der Waals surface area contributed by atoms with Crippen LogP contribution >= 0.6 is 0 Å². The minimum Gasteiger partial charge on any atom is -0.486 e. The van der Waals surface area contributed by atoms with E-state index in [9.17, 15) is 4.79 Å². The number of nitrogens with zero attached hydrogens (tertiary/aromatic N) is 2. The van der Waals surface area contributed by atoms with Crippen LogP contribution in [0.4, 0.5) is 5.69 Å². The molecule has 0 saturated carbocycles. The number of ether oxygens (including phenoxy) is 2. The predicted molar refractivity (Wildman–Crippen MR) is 123 cm³/mol. The van der Waals surface area contributed by atoms with Gasteiger partial charge in [0.25, 0.3) is 0 Å². The maximum atomic E-state index is 13.1. The molecule has 5 nitrogen and oxygen atoms in total. The van der Waals surface area contributed by atoms with E-state index < -0.39 is 11.6 Å². The lowest BCUT2D eigenvalue weighted by atomic mass is 10.1. The predicted octanol–water partition coefficient (Wildman–Crippen LogP) is 5.68. The fourth-order valence-corrected chi connectivity index (χ4v) is 3.77. The molecule has 0 radical (unpaired) electrons. The Bertz CT molecular complexity index is 1110. The van der Waals surface area contributed by atoms with Crippen LogP contribution in [0.3, 0.4) is 0 Å². The molecule has 4 rings (SSSR count). The molecular weight excluding hydrogens is 388 g/mol. The third-order valence-corrected chi connectivity index (χ3v) is 4.94. The fraction of sp³-hybridized carbons (Fsp3) is 0.385. The minimum atomic E-state index is -0.561. The van der Waals surface area contributed by atoms with Crippen molar-refractivity contribution in [3.05, 3.63) is 66.4 Å². The van der Waals surface area contributed by atoms with Gasteiger partial charge in [-0.3, -0.25) is 4.98 Å². The first-order valence-electron chi connectivity index (χ1n) is 10.7. The summed E-state index contributed by atoms with van der Waals surface area (Å²) in [6.07, 6.45) is 0. The number of rotatable bonds is 4. The number of fused-ring (bicyclic) bond motifs is 1. The third kappa shape index (κ3) is 4.66. The SMILES string of the molecule is CC(C)(C)OC(=O)[C@H]1[C@@H](c2ccc3ccccc3n2)N1c1ccccc1OC(C)(C)C. The molecule has 162 valence electrons. The maximum Gasteiger partial charge on any atom is 0.331 e. The average Bonchev–Trinajstić information content (AvgIpc) is 3.41. The highest BCUT2D eigenvalue weighted by Crippen LogP contribution is 2.51. The monoisotopic (exact) mass is 418 g/mol. The standard InChI is InChI=1S/C26H30N2O3/c1-25(2,3)30-21-14-10-9-13-20(21)28-22(23(28)24(29)31-26(4,5)6)19-16-15-17-11-7-8-12-18(17)27-19/h7-16,22-23H,1-6H3/t22-,23-,28?/m1/s1. The van der Waals surface area contributed by atoms with E-state index in [1.807, 2.05) is 101 Å². The Hall–Kier alpha value is -3.08. The summed E-state index contributed by atoms with van der Waals surface area (Å²) in [7, 11) is 0. The van der Waals surface area contributed by atoms with Crippen LogP contribution in [0, 0.1) is 0 Å². The Morgan fingerprint density at radius 2 is 1.55 bits per heavy atom. The summed E-state index contributed by atoms with van der Waals surface area (Å²) in [5.74, 6) is 0.491. The lowest BCUT2D eigenvalue weighted by Gasteiger charge is -2.24. The van der Waals surface area contributed by atoms with Gasteiger partial charge in [0, 0.05) is 5.39 Å². The molecule has 0 aliphatic carbocycles. The number of aromatic nitrogens is 1. The number of para-hydroxylation sites is 3. The third-order valence-electron chi connectivity index (χ3n) is 4.94. The molecule has 0 bridgehead atoms. The zero-order valence-electron chi connectivity index (χ0n) is 19.0. The molecule has 5 heteroatoms. The number of carbonyl (C=O) groups is 1. The van der Waals surface area contributed by atoms with Gasteiger partial charge in [0.15, 0.2) is 6.04 Å². The van der Waals surface area contributed by atoms with Crippen molar-refractivity contribution in [2.45, 2.75) is 64.8 Å². The van der Waals surface area contributed by atoms with E-state index in [1.165, 1.54) is 0 Å². The normalized spacial score (nSPS) is 18.7. The van der Waals surface area contributed by atoms with Crippen molar-refractivity contribution in [2.75, 3.05) is 4.90 Å². The quantitative estimate of drug-likeness (QED) is 0.403. The highest BCUT2D eigenvalue weighted by molar-refractivity contribution is 5.90. The van der Waals surface area contributed by atoms with Crippen LogP contribution in [-0.2, 0) is 9.53 Å². The number of pyridine rings is 1. The molecule has 2 aromatic carbocycles. The lowest BCUT2D eigenvalue weighted by Crippen LogP contribution is -2.28. The Kier molecular flexibility index (Phi) is 5.16. The Morgan fingerprint density at radius 3 is 2.26 bits per heavy atom. The van der Waals surface area contributed by atoms with Crippen molar-refractivity contribution in [3.63, 3.8) is 0 Å². The van der Waals surface area contributed by atoms with Gasteiger partial charge in [-0.25, -0.2) is 4.79 Å². The molecule has 3 aromatic rings. The van der Waals surface area contributed by atoms with Gasteiger partial charge in [0.05, 0.1) is 16.9 Å². The minimum absolute atomic E-state index is 0.204. The van der Waals surface area contributed by atoms with Crippen molar-refractivity contribution in [1.29, 1.82) is 0 Å². The van der Waals surface area contributed by atoms with Crippen molar-refractivity contribution in [3.8, 4) is 5.75 Å². The van der Waals surface area contributed by atoms with Crippen LogP contribution in [0.2, 0.25) is 0 Å². The molecule has 1 aromatic heterocycles. The molecule has 1 fully saturated rings. The highest BCUT2D eigenvalue weighted by atomic mass is 16.6. The number of benzene rings is 2. The number of hydrogen-bond acceptors (Lipinski definition) is 5.